The SMILES string of the molecule is C1NC[C@H]2COC[C@H]12.Cl. The van der Waals surface area contributed by atoms with E-state index in [4.69, 9.17) is 4.74 Å². The van der Waals surface area contributed by atoms with Crippen molar-refractivity contribution in [3.8, 4) is 0 Å². The van der Waals surface area contributed by atoms with Gasteiger partial charge in [-0.05, 0) is 0 Å². The molecule has 2 aliphatic heterocycles. The lowest BCUT2D eigenvalue weighted by Crippen LogP contribution is -2.11. The van der Waals surface area contributed by atoms with E-state index in [1.807, 2.05) is 0 Å². The van der Waals surface area contributed by atoms with E-state index in [2.05, 4.69) is 5.32 Å². The summed E-state index contributed by atoms with van der Waals surface area (Å²) >= 11 is 0. The molecular formula is C6H12ClNO. The van der Waals surface area contributed by atoms with Crippen molar-refractivity contribution in [3.63, 3.8) is 0 Å². The maximum Gasteiger partial charge on any atom is 0.0510 e. The van der Waals surface area contributed by atoms with Gasteiger partial charge in [-0.15, -0.1) is 12.4 Å². The van der Waals surface area contributed by atoms with Crippen LogP contribution in [0.2, 0.25) is 0 Å². The first-order chi connectivity index (χ1) is 3.97. The van der Waals surface area contributed by atoms with Crippen LogP contribution in [0.4, 0.5) is 0 Å². The molecule has 2 aliphatic rings. The standard InChI is InChI=1S/C6H11NO.ClH/c1-5-3-8-4-6(5)2-7-1;/h5-7H,1-4H2;1H/t5-,6-;/m0./s1. The van der Waals surface area contributed by atoms with Crippen LogP contribution in [0.15, 0.2) is 0 Å². The molecule has 0 spiro atoms. The summed E-state index contributed by atoms with van der Waals surface area (Å²) in [5, 5.41) is 3.34. The number of ether oxygens (including phenoxy) is 1. The molecule has 2 saturated heterocycles. The van der Waals surface area contributed by atoms with Crippen LogP contribution in [-0.2, 0) is 4.74 Å². The highest BCUT2D eigenvalue weighted by Crippen LogP contribution is 2.22. The summed E-state index contributed by atoms with van der Waals surface area (Å²) in [5.74, 6) is 1.69. The molecule has 0 aromatic rings. The summed E-state index contributed by atoms with van der Waals surface area (Å²) in [7, 11) is 0. The number of hydrogen-bond donors (Lipinski definition) is 1. The third-order valence-corrected chi connectivity index (χ3v) is 2.14. The first-order valence-corrected chi connectivity index (χ1v) is 3.25. The Balaban J connectivity index is 0.000000405. The Hall–Kier alpha value is 0.210. The first-order valence-electron chi connectivity index (χ1n) is 3.25. The smallest absolute Gasteiger partial charge is 0.0510 e. The van der Waals surface area contributed by atoms with E-state index < -0.39 is 0 Å². The summed E-state index contributed by atoms with van der Waals surface area (Å²) in [6.45, 7) is 4.37. The fourth-order valence-electron chi connectivity index (χ4n) is 1.55. The minimum Gasteiger partial charge on any atom is -0.381 e. The van der Waals surface area contributed by atoms with Crippen molar-refractivity contribution in [1.82, 2.24) is 5.32 Å². The molecule has 0 aromatic heterocycles. The quantitative estimate of drug-likeness (QED) is 0.534. The second-order valence-electron chi connectivity index (χ2n) is 2.72. The minimum atomic E-state index is 0. The van der Waals surface area contributed by atoms with Gasteiger partial charge in [-0.25, -0.2) is 0 Å². The van der Waals surface area contributed by atoms with Gasteiger partial charge in [0.25, 0.3) is 0 Å². The highest BCUT2D eigenvalue weighted by molar-refractivity contribution is 5.85. The molecule has 0 aliphatic carbocycles. The van der Waals surface area contributed by atoms with Crippen LogP contribution < -0.4 is 5.32 Å². The largest absolute Gasteiger partial charge is 0.381 e. The molecule has 0 aromatic carbocycles. The zero-order valence-electron chi connectivity index (χ0n) is 5.30. The molecule has 1 N–H and O–H groups in total. The van der Waals surface area contributed by atoms with Crippen molar-refractivity contribution in [3.05, 3.63) is 0 Å². The van der Waals surface area contributed by atoms with E-state index in [-0.39, 0.29) is 12.4 Å². The van der Waals surface area contributed by atoms with Gasteiger partial charge in [0.1, 0.15) is 0 Å². The fraction of sp³-hybridized carbons (Fsp3) is 1.00. The summed E-state index contributed by atoms with van der Waals surface area (Å²) < 4.78 is 5.27. The number of halogens is 1. The Bertz CT molecular complexity index is 79.1. The molecule has 3 heteroatoms. The zero-order valence-corrected chi connectivity index (χ0v) is 6.12. The highest BCUT2D eigenvalue weighted by Gasteiger charge is 2.31. The predicted molar refractivity (Wildman–Crippen MR) is 37.9 cm³/mol. The molecule has 2 heterocycles. The van der Waals surface area contributed by atoms with E-state index in [1.54, 1.807) is 0 Å². The van der Waals surface area contributed by atoms with Gasteiger partial charge in [-0.3, -0.25) is 0 Å². The highest BCUT2D eigenvalue weighted by atomic mass is 35.5. The zero-order chi connectivity index (χ0) is 5.40. The van der Waals surface area contributed by atoms with E-state index in [0.717, 1.165) is 25.0 Å². The van der Waals surface area contributed by atoms with Gasteiger partial charge < -0.3 is 10.1 Å². The third kappa shape index (κ3) is 1.20. The van der Waals surface area contributed by atoms with Crippen molar-refractivity contribution < 1.29 is 4.74 Å². The molecule has 54 valence electrons. The third-order valence-electron chi connectivity index (χ3n) is 2.14. The van der Waals surface area contributed by atoms with E-state index >= 15 is 0 Å². The first kappa shape index (κ1) is 7.32. The van der Waals surface area contributed by atoms with Gasteiger partial charge >= 0.3 is 0 Å². The molecule has 2 atom stereocenters. The molecule has 0 saturated carbocycles. The lowest BCUT2D eigenvalue weighted by atomic mass is 10.0. The van der Waals surface area contributed by atoms with Crippen molar-refractivity contribution in [2.75, 3.05) is 26.3 Å². The number of nitrogens with one attached hydrogen (secondary N) is 1. The van der Waals surface area contributed by atoms with Crippen molar-refractivity contribution in [2.24, 2.45) is 11.8 Å². The Labute approximate surface area is 61.4 Å². The van der Waals surface area contributed by atoms with Gasteiger partial charge in [-0.1, -0.05) is 0 Å². The van der Waals surface area contributed by atoms with E-state index in [0.29, 0.717) is 0 Å². The minimum absolute atomic E-state index is 0. The summed E-state index contributed by atoms with van der Waals surface area (Å²) in [4.78, 5) is 0. The molecule has 0 bridgehead atoms. The topological polar surface area (TPSA) is 21.3 Å². The number of rotatable bonds is 0. The lowest BCUT2D eigenvalue weighted by molar-refractivity contribution is 0.175. The molecule has 0 unspecified atom stereocenters. The normalized spacial score (nSPS) is 40.0. The molecule has 0 amide bonds. The summed E-state index contributed by atoms with van der Waals surface area (Å²) in [6.07, 6.45) is 0. The molecule has 0 radical (unpaired) electrons. The number of fused-ring (bicyclic) bond motifs is 1. The summed E-state index contributed by atoms with van der Waals surface area (Å²) in [5.41, 5.74) is 0. The van der Waals surface area contributed by atoms with Gasteiger partial charge in [-0.2, -0.15) is 0 Å². The molecule has 2 nitrogen and oxygen atoms in total. The fourth-order valence-corrected chi connectivity index (χ4v) is 1.55. The van der Waals surface area contributed by atoms with Gasteiger partial charge in [0, 0.05) is 24.9 Å². The average Bonchev–Trinajstić information content (AvgIpc) is 2.15. The molecule has 2 rings (SSSR count). The number of hydrogen-bond acceptors (Lipinski definition) is 2. The van der Waals surface area contributed by atoms with Crippen LogP contribution in [0.1, 0.15) is 0 Å². The average molecular weight is 150 g/mol. The molecular weight excluding hydrogens is 138 g/mol. The van der Waals surface area contributed by atoms with Crippen LogP contribution in [0.25, 0.3) is 0 Å². The summed E-state index contributed by atoms with van der Waals surface area (Å²) in [6, 6.07) is 0. The van der Waals surface area contributed by atoms with Crippen LogP contribution in [0, 0.1) is 11.8 Å². The van der Waals surface area contributed by atoms with Crippen LogP contribution in [-0.4, -0.2) is 26.3 Å². The maximum absolute atomic E-state index is 5.27. The van der Waals surface area contributed by atoms with Crippen LogP contribution in [0.5, 0.6) is 0 Å². The van der Waals surface area contributed by atoms with Gasteiger partial charge in [0.05, 0.1) is 13.2 Å². The maximum atomic E-state index is 5.27. The van der Waals surface area contributed by atoms with Gasteiger partial charge in [0.2, 0.25) is 0 Å². The Kier molecular flexibility index (Phi) is 2.33. The molecule has 2 fully saturated rings. The van der Waals surface area contributed by atoms with Crippen molar-refractivity contribution in [1.29, 1.82) is 0 Å². The van der Waals surface area contributed by atoms with Crippen LogP contribution >= 0.6 is 12.4 Å². The predicted octanol–water partition coefficient (Wildman–Crippen LogP) is 0.274. The lowest BCUT2D eigenvalue weighted by Gasteiger charge is -1.99. The Morgan fingerprint density at radius 2 is 1.67 bits per heavy atom. The second kappa shape index (κ2) is 2.86. The Morgan fingerprint density at radius 1 is 1.11 bits per heavy atom. The second-order valence-corrected chi connectivity index (χ2v) is 2.72. The van der Waals surface area contributed by atoms with E-state index in [9.17, 15) is 0 Å². The van der Waals surface area contributed by atoms with E-state index in [1.165, 1.54) is 13.1 Å². The van der Waals surface area contributed by atoms with Gasteiger partial charge in [0.15, 0.2) is 0 Å². The van der Waals surface area contributed by atoms with Crippen molar-refractivity contribution >= 4 is 12.4 Å². The molecule has 9 heavy (non-hydrogen) atoms. The van der Waals surface area contributed by atoms with Crippen LogP contribution in [0.3, 0.4) is 0 Å². The van der Waals surface area contributed by atoms with Crippen molar-refractivity contribution in [2.45, 2.75) is 0 Å². The monoisotopic (exact) mass is 149 g/mol. The Morgan fingerprint density at radius 3 is 2.22 bits per heavy atom.